The molecule has 0 amide bonds. The smallest absolute Gasteiger partial charge is 0.460 e. The van der Waals surface area contributed by atoms with Gasteiger partial charge in [0.25, 0.3) is 0 Å². The van der Waals surface area contributed by atoms with Gasteiger partial charge in [0, 0.05) is 6.08 Å². The summed E-state index contributed by atoms with van der Waals surface area (Å²) in [5.41, 5.74) is 0.594. The number of hydrogen-bond donors (Lipinski definition) is 0. The first kappa shape index (κ1) is 15.5. The molecule has 0 spiro atoms. The molecule has 0 aliphatic rings. The molecular formula is C12H20O5. The third kappa shape index (κ3) is 9.41. The normalized spacial score (nSPS) is 11.6. The Morgan fingerprint density at radius 2 is 1.59 bits per heavy atom. The standard InChI is InChI=1S/C12H20O5/c1-8(2)16-11(13)6-10(5)7-15-12(14)17-9(3)4/h6,8-9H,7H2,1-5H3/b10-6+. The van der Waals surface area contributed by atoms with Crippen LogP contribution in [0.5, 0.6) is 0 Å². The number of esters is 1. The Bertz CT molecular complexity index is 291. The third-order valence-electron chi connectivity index (χ3n) is 1.47. The third-order valence-corrected chi connectivity index (χ3v) is 1.47. The highest BCUT2D eigenvalue weighted by molar-refractivity contribution is 5.82. The average molecular weight is 244 g/mol. The van der Waals surface area contributed by atoms with Crippen molar-refractivity contribution in [2.24, 2.45) is 0 Å². The minimum atomic E-state index is -0.745. The molecule has 0 radical (unpaired) electrons. The Hall–Kier alpha value is -1.52. The maximum atomic E-state index is 11.2. The summed E-state index contributed by atoms with van der Waals surface area (Å²) in [5.74, 6) is -0.446. The highest BCUT2D eigenvalue weighted by atomic mass is 16.7. The van der Waals surface area contributed by atoms with E-state index in [4.69, 9.17) is 14.2 Å². The van der Waals surface area contributed by atoms with Crippen LogP contribution in [-0.4, -0.2) is 30.9 Å². The zero-order valence-electron chi connectivity index (χ0n) is 11.0. The van der Waals surface area contributed by atoms with Crippen LogP contribution in [0.3, 0.4) is 0 Å². The van der Waals surface area contributed by atoms with Crippen molar-refractivity contribution in [2.75, 3.05) is 6.61 Å². The summed E-state index contributed by atoms with van der Waals surface area (Å²) in [7, 11) is 0. The van der Waals surface area contributed by atoms with Gasteiger partial charge in [-0.3, -0.25) is 0 Å². The molecule has 0 aliphatic carbocycles. The molecule has 0 bridgehead atoms. The summed E-state index contributed by atoms with van der Waals surface area (Å²) in [6, 6.07) is 0. The lowest BCUT2D eigenvalue weighted by atomic mass is 10.3. The number of carbonyl (C=O) groups excluding carboxylic acids is 2. The first-order chi connectivity index (χ1) is 7.81. The van der Waals surface area contributed by atoms with Gasteiger partial charge < -0.3 is 14.2 Å². The van der Waals surface area contributed by atoms with Gasteiger partial charge in [-0.15, -0.1) is 0 Å². The average Bonchev–Trinajstić information content (AvgIpc) is 2.12. The van der Waals surface area contributed by atoms with Crippen molar-refractivity contribution in [3.63, 3.8) is 0 Å². The van der Waals surface area contributed by atoms with E-state index in [1.807, 2.05) is 0 Å². The van der Waals surface area contributed by atoms with Crippen molar-refractivity contribution in [1.82, 2.24) is 0 Å². The van der Waals surface area contributed by atoms with Gasteiger partial charge in [-0.1, -0.05) is 0 Å². The highest BCUT2D eigenvalue weighted by Gasteiger charge is 2.08. The Balaban J connectivity index is 4.00. The van der Waals surface area contributed by atoms with Crippen molar-refractivity contribution in [3.8, 4) is 0 Å². The van der Waals surface area contributed by atoms with Gasteiger partial charge in [0.15, 0.2) is 0 Å². The summed E-state index contributed by atoms with van der Waals surface area (Å²) in [6.45, 7) is 8.66. The van der Waals surface area contributed by atoms with E-state index >= 15 is 0 Å². The predicted molar refractivity (Wildman–Crippen MR) is 62.6 cm³/mol. The van der Waals surface area contributed by atoms with Crippen LogP contribution in [0.15, 0.2) is 11.6 Å². The van der Waals surface area contributed by atoms with E-state index in [1.54, 1.807) is 34.6 Å². The Morgan fingerprint density at radius 3 is 2.06 bits per heavy atom. The second-order valence-corrected chi connectivity index (χ2v) is 4.18. The molecule has 0 rings (SSSR count). The highest BCUT2D eigenvalue weighted by Crippen LogP contribution is 2.00. The van der Waals surface area contributed by atoms with Gasteiger partial charge in [-0.05, 0) is 40.2 Å². The van der Waals surface area contributed by atoms with E-state index in [0.717, 1.165) is 0 Å². The molecule has 0 aromatic rings. The summed E-state index contributed by atoms with van der Waals surface area (Å²) in [5, 5.41) is 0. The molecule has 17 heavy (non-hydrogen) atoms. The molecule has 0 heterocycles. The SMILES string of the molecule is C/C(=C\C(=O)OC(C)C)COC(=O)OC(C)C. The van der Waals surface area contributed by atoms with Crippen LogP contribution in [0.4, 0.5) is 4.79 Å². The number of ether oxygens (including phenoxy) is 3. The Kier molecular flexibility index (Phi) is 7.02. The fraction of sp³-hybridized carbons (Fsp3) is 0.667. The Morgan fingerprint density at radius 1 is 1.06 bits per heavy atom. The lowest BCUT2D eigenvalue weighted by Crippen LogP contribution is -2.15. The van der Waals surface area contributed by atoms with E-state index in [-0.39, 0.29) is 18.8 Å². The molecule has 5 nitrogen and oxygen atoms in total. The van der Waals surface area contributed by atoms with Crippen LogP contribution in [-0.2, 0) is 19.0 Å². The fourth-order valence-corrected chi connectivity index (χ4v) is 0.908. The summed E-state index contributed by atoms with van der Waals surface area (Å²) < 4.78 is 14.5. The predicted octanol–water partition coefficient (Wildman–Crippen LogP) is 2.45. The first-order valence-electron chi connectivity index (χ1n) is 5.52. The summed E-state index contributed by atoms with van der Waals surface area (Å²) in [6.07, 6.45) is 0.156. The largest absolute Gasteiger partial charge is 0.508 e. The zero-order chi connectivity index (χ0) is 13.4. The molecule has 98 valence electrons. The first-order valence-corrected chi connectivity index (χ1v) is 5.52. The van der Waals surface area contributed by atoms with E-state index in [0.29, 0.717) is 5.57 Å². The van der Waals surface area contributed by atoms with E-state index in [9.17, 15) is 9.59 Å². The lowest BCUT2D eigenvalue weighted by Gasteiger charge is -2.09. The molecule has 0 saturated heterocycles. The van der Waals surface area contributed by atoms with Crippen molar-refractivity contribution < 1.29 is 23.8 Å². The second-order valence-electron chi connectivity index (χ2n) is 4.18. The lowest BCUT2D eigenvalue weighted by molar-refractivity contribution is -0.141. The van der Waals surface area contributed by atoms with E-state index in [1.165, 1.54) is 6.08 Å². The van der Waals surface area contributed by atoms with Gasteiger partial charge >= 0.3 is 12.1 Å². The van der Waals surface area contributed by atoms with E-state index < -0.39 is 12.1 Å². The van der Waals surface area contributed by atoms with Crippen molar-refractivity contribution in [2.45, 2.75) is 46.8 Å². The van der Waals surface area contributed by atoms with Crippen LogP contribution in [0.25, 0.3) is 0 Å². The fourth-order valence-electron chi connectivity index (χ4n) is 0.908. The van der Waals surface area contributed by atoms with Crippen LogP contribution >= 0.6 is 0 Å². The monoisotopic (exact) mass is 244 g/mol. The van der Waals surface area contributed by atoms with Crippen LogP contribution in [0.2, 0.25) is 0 Å². The van der Waals surface area contributed by atoms with Gasteiger partial charge in [0.05, 0.1) is 12.2 Å². The molecule has 0 unspecified atom stereocenters. The molecule has 0 aromatic carbocycles. The van der Waals surface area contributed by atoms with Crippen LogP contribution in [0.1, 0.15) is 34.6 Å². The van der Waals surface area contributed by atoms with Crippen molar-refractivity contribution in [3.05, 3.63) is 11.6 Å². The number of rotatable bonds is 5. The van der Waals surface area contributed by atoms with E-state index in [2.05, 4.69) is 0 Å². The quantitative estimate of drug-likeness (QED) is 0.549. The topological polar surface area (TPSA) is 61.8 Å². The molecule has 0 aromatic heterocycles. The minimum Gasteiger partial charge on any atom is -0.460 e. The van der Waals surface area contributed by atoms with Crippen LogP contribution in [0, 0.1) is 0 Å². The number of carbonyl (C=O) groups is 2. The molecular weight excluding hydrogens is 224 g/mol. The molecule has 0 fully saturated rings. The molecule has 0 atom stereocenters. The molecule has 0 N–H and O–H groups in total. The molecule has 0 saturated carbocycles. The van der Waals surface area contributed by atoms with Gasteiger partial charge in [-0.25, -0.2) is 9.59 Å². The maximum absolute atomic E-state index is 11.2. The van der Waals surface area contributed by atoms with Crippen molar-refractivity contribution >= 4 is 12.1 Å². The second kappa shape index (κ2) is 7.70. The van der Waals surface area contributed by atoms with Crippen molar-refractivity contribution in [1.29, 1.82) is 0 Å². The Labute approximate surface area is 102 Å². The maximum Gasteiger partial charge on any atom is 0.508 e. The van der Waals surface area contributed by atoms with Gasteiger partial charge in [0.2, 0.25) is 0 Å². The summed E-state index contributed by atoms with van der Waals surface area (Å²) in [4.78, 5) is 22.2. The zero-order valence-corrected chi connectivity index (χ0v) is 11.0. The molecule has 0 aliphatic heterocycles. The minimum absolute atomic E-state index is 0.0126. The van der Waals surface area contributed by atoms with Gasteiger partial charge in [0.1, 0.15) is 6.61 Å². The van der Waals surface area contributed by atoms with Gasteiger partial charge in [-0.2, -0.15) is 0 Å². The van der Waals surface area contributed by atoms with Crippen LogP contribution < -0.4 is 0 Å². The molecule has 5 heteroatoms. The number of hydrogen-bond acceptors (Lipinski definition) is 5. The summed E-state index contributed by atoms with van der Waals surface area (Å²) >= 11 is 0.